The van der Waals surface area contributed by atoms with Crippen LogP contribution in [0.3, 0.4) is 0 Å². The number of hydrogen-bond acceptors (Lipinski definition) is 4. The Hall–Kier alpha value is -2.74. The number of piperidine rings is 1. The van der Waals surface area contributed by atoms with Crippen molar-refractivity contribution in [2.75, 3.05) is 26.2 Å². The number of ether oxygens (including phenoxy) is 1. The summed E-state index contributed by atoms with van der Waals surface area (Å²) in [5, 5.41) is 4.04. The molecule has 0 atom stereocenters. The van der Waals surface area contributed by atoms with Crippen LogP contribution >= 0.6 is 0 Å². The third kappa shape index (κ3) is 3.28. The number of likely N-dealkylation sites (tertiary alicyclic amines) is 1. The fourth-order valence-electron chi connectivity index (χ4n) is 3.96. The largest absolute Gasteiger partial charge is 0.363 e. The van der Waals surface area contributed by atoms with E-state index in [1.165, 1.54) is 6.07 Å². The second-order valence-corrected chi connectivity index (χ2v) is 7.29. The van der Waals surface area contributed by atoms with Crippen molar-refractivity contribution in [3.8, 4) is 0 Å². The zero-order valence-corrected chi connectivity index (χ0v) is 15.8. The molecule has 0 N–H and O–H groups in total. The van der Waals surface area contributed by atoms with Gasteiger partial charge in [0.25, 0.3) is 11.8 Å². The van der Waals surface area contributed by atoms with Gasteiger partial charge in [0.15, 0.2) is 0 Å². The number of benzene rings is 1. The highest BCUT2D eigenvalue weighted by Crippen LogP contribution is 2.32. The highest BCUT2D eigenvalue weighted by Gasteiger charge is 2.48. The number of carbonyl (C=O) groups excluding carboxylic acids is 2. The standard InChI is InChI=1S/C20H23FN4O3/c1-23-17(6-9-22-23)18(26)24-10-7-20(8-11-24)19(27)25(12-13-28-20)14-15-4-2-3-5-16(15)21/h2-6,9H,7-8,10-14H2,1H3. The van der Waals surface area contributed by atoms with Gasteiger partial charge >= 0.3 is 0 Å². The van der Waals surface area contributed by atoms with Gasteiger partial charge in [-0.25, -0.2) is 4.39 Å². The maximum Gasteiger partial charge on any atom is 0.272 e. The summed E-state index contributed by atoms with van der Waals surface area (Å²) in [6.07, 6.45) is 2.46. The molecular formula is C20H23FN4O3. The molecule has 1 aromatic carbocycles. The molecule has 2 fully saturated rings. The Kier molecular flexibility index (Phi) is 4.89. The number of morpholine rings is 1. The number of nitrogens with zero attached hydrogens (tertiary/aromatic N) is 4. The number of halogens is 1. The molecule has 148 valence electrons. The molecule has 1 aromatic heterocycles. The van der Waals surface area contributed by atoms with Gasteiger partial charge in [-0.2, -0.15) is 5.10 Å². The predicted molar refractivity (Wildman–Crippen MR) is 98.8 cm³/mol. The first-order valence-electron chi connectivity index (χ1n) is 9.44. The van der Waals surface area contributed by atoms with E-state index in [9.17, 15) is 14.0 Å². The smallest absolute Gasteiger partial charge is 0.272 e. The lowest BCUT2D eigenvalue weighted by atomic mass is 9.88. The molecule has 0 aliphatic carbocycles. The molecule has 8 heteroatoms. The van der Waals surface area contributed by atoms with Crippen LogP contribution in [-0.4, -0.2) is 63.2 Å². The van der Waals surface area contributed by atoms with E-state index in [1.807, 2.05) is 0 Å². The first-order chi connectivity index (χ1) is 13.5. The van der Waals surface area contributed by atoms with Crippen molar-refractivity contribution in [3.63, 3.8) is 0 Å². The lowest BCUT2D eigenvalue weighted by molar-refractivity contribution is -0.179. The van der Waals surface area contributed by atoms with Gasteiger partial charge in [0.1, 0.15) is 17.1 Å². The van der Waals surface area contributed by atoms with E-state index in [0.717, 1.165) is 0 Å². The summed E-state index contributed by atoms with van der Waals surface area (Å²) in [4.78, 5) is 29.2. The molecule has 2 aromatic rings. The topological polar surface area (TPSA) is 67.7 Å². The zero-order chi connectivity index (χ0) is 19.7. The molecule has 7 nitrogen and oxygen atoms in total. The minimum absolute atomic E-state index is 0.0960. The molecule has 0 radical (unpaired) electrons. The molecule has 2 amide bonds. The van der Waals surface area contributed by atoms with Crippen molar-refractivity contribution in [2.45, 2.75) is 25.0 Å². The van der Waals surface area contributed by atoms with Gasteiger partial charge in [-0.3, -0.25) is 14.3 Å². The average molecular weight is 386 g/mol. The van der Waals surface area contributed by atoms with E-state index in [4.69, 9.17) is 4.74 Å². The number of hydrogen-bond donors (Lipinski definition) is 0. The number of amides is 2. The molecule has 1 spiro atoms. The van der Waals surface area contributed by atoms with Crippen LogP contribution in [0.25, 0.3) is 0 Å². The zero-order valence-electron chi connectivity index (χ0n) is 15.8. The van der Waals surface area contributed by atoms with Gasteiger partial charge in [-0.05, 0) is 12.1 Å². The summed E-state index contributed by atoms with van der Waals surface area (Å²) >= 11 is 0. The van der Waals surface area contributed by atoms with Gasteiger partial charge in [-0.15, -0.1) is 0 Å². The quantitative estimate of drug-likeness (QED) is 0.804. The number of carbonyl (C=O) groups is 2. The molecule has 0 unspecified atom stereocenters. The molecule has 2 aliphatic heterocycles. The van der Waals surface area contributed by atoms with Crippen LogP contribution in [0.4, 0.5) is 4.39 Å². The monoisotopic (exact) mass is 386 g/mol. The molecule has 2 saturated heterocycles. The lowest BCUT2D eigenvalue weighted by Crippen LogP contribution is -2.61. The van der Waals surface area contributed by atoms with E-state index < -0.39 is 5.60 Å². The van der Waals surface area contributed by atoms with Gasteiger partial charge in [0.2, 0.25) is 0 Å². The van der Waals surface area contributed by atoms with Crippen LogP contribution in [0.1, 0.15) is 28.9 Å². The highest BCUT2D eigenvalue weighted by molar-refractivity contribution is 5.93. The summed E-state index contributed by atoms with van der Waals surface area (Å²) in [5.74, 6) is -0.525. The Morgan fingerprint density at radius 1 is 1.21 bits per heavy atom. The van der Waals surface area contributed by atoms with Crippen LogP contribution in [-0.2, 0) is 23.1 Å². The Morgan fingerprint density at radius 2 is 1.96 bits per heavy atom. The van der Waals surface area contributed by atoms with Crippen LogP contribution < -0.4 is 0 Å². The summed E-state index contributed by atoms with van der Waals surface area (Å²) in [6.45, 7) is 1.95. The molecule has 0 saturated carbocycles. The molecule has 4 rings (SSSR count). The summed E-state index contributed by atoms with van der Waals surface area (Å²) in [5.41, 5.74) is 0.0944. The Bertz CT molecular complexity index is 889. The SMILES string of the molecule is Cn1nccc1C(=O)N1CCC2(CC1)OCCN(Cc1ccccc1F)C2=O. The van der Waals surface area contributed by atoms with Crippen LogP contribution in [0.15, 0.2) is 36.5 Å². The number of aryl methyl sites for hydroxylation is 1. The van der Waals surface area contributed by atoms with Crippen molar-refractivity contribution in [2.24, 2.45) is 7.05 Å². The number of rotatable bonds is 3. The second-order valence-electron chi connectivity index (χ2n) is 7.29. The lowest BCUT2D eigenvalue weighted by Gasteiger charge is -2.46. The van der Waals surface area contributed by atoms with E-state index in [1.54, 1.807) is 52.0 Å². The van der Waals surface area contributed by atoms with Crippen molar-refractivity contribution in [1.82, 2.24) is 19.6 Å². The van der Waals surface area contributed by atoms with Crippen molar-refractivity contribution in [1.29, 1.82) is 0 Å². The van der Waals surface area contributed by atoms with E-state index in [-0.39, 0.29) is 24.2 Å². The Balaban J connectivity index is 1.44. The molecule has 2 aliphatic rings. The third-order valence-electron chi connectivity index (χ3n) is 5.63. The maximum absolute atomic E-state index is 14.0. The van der Waals surface area contributed by atoms with Gasteiger partial charge < -0.3 is 14.5 Å². The van der Waals surface area contributed by atoms with Gasteiger partial charge in [-0.1, -0.05) is 18.2 Å². The van der Waals surface area contributed by atoms with Gasteiger partial charge in [0.05, 0.1) is 6.61 Å². The highest BCUT2D eigenvalue weighted by atomic mass is 19.1. The summed E-state index contributed by atoms with van der Waals surface area (Å²) < 4.78 is 21.5. The second kappa shape index (κ2) is 7.35. The molecule has 0 bridgehead atoms. The molecule has 3 heterocycles. The fraction of sp³-hybridized carbons (Fsp3) is 0.450. The predicted octanol–water partition coefficient (Wildman–Crippen LogP) is 1.59. The van der Waals surface area contributed by atoms with E-state index >= 15 is 0 Å². The first-order valence-corrected chi connectivity index (χ1v) is 9.44. The Labute approximate surface area is 162 Å². The van der Waals surface area contributed by atoms with Crippen molar-refractivity contribution < 1.29 is 18.7 Å². The number of aromatic nitrogens is 2. The van der Waals surface area contributed by atoms with E-state index in [0.29, 0.717) is 50.3 Å². The fourth-order valence-corrected chi connectivity index (χ4v) is 3.96. The van der Waals surface area contributed by atoms with Crippen LogP contribution in [0.2, 0.25) is 0 Å². The minimum atomic E-state index is -0.924. The van der Waals surface area contributed by atoms with Crippen molar-refractivity contribution in [3.05, 3.63) is 53.6 Å². The normalized spacial score (nSPS) is 19.3. The molecular weight excluding hydrogens is 363 g/mol. The first kappa shape index (κ1) is 18.6. The van der Waals surface area contributed by atoms with Gasteiger partial charge in [0, 0.05) is 57.8 Å². The van der Waals surface area contributed by atoms with E-state index in [2.05, 4.69) is 5.10 Å². The minimum Gasteiger partial charge on any atom is -0.363 e. The molecule has 28 heavy (non-hydrogen) atoms. The summed E-state index contributed by atoms with van der Waals surface area (Å²) in [6, 6.07) is 8.18. The van der Waals surface area contributed by atoms with Crippen LogP contribution in [0.5, 0.6) is 0 Å². The maximum atomic E-state index is 14.0. The van der Waals surface area contributed by atoms with Crippen LogP contribution in [0, 0.1) is 5.82 Å². The Morgan fingerprint density at radius 3 is 2.64 bits per heavy atom. The van der Waals surface area contributed by atoms with Crippen molar-refractivity contribution >= 4 is 11.8 Å². The summed E-state index contributed by atoms with van der Waals surface area (Å²) in [7, 11) is 1.73. The third-order valence-corrected chi connectivity index (χ3v) is 5.63. The average Bonchev–Trinajstić information content (AvgIpc) is 3.13.